The van der Waals surface area contributed by atoms with E-state index < -0.39 is 0 Å². The van der Waals surface area contributed by atoms with E-state index >= 15 is 0 Å². The smallest absolute Gasteiger partial charge is 0.251 e. The molecule has 1 aliphatic carbocycles. The number of rotatable bonds is 2. The number of nitrogens with two attached hydrogens (primary N) is 1. The van der Waals surface area contributed by atoms with Crippen LogP contribution in [0.5, 0.6) is 0 Å². The van der Waals surface area contributed by atoms with Crippen molar-refractivity contribution in [2.75, 3.05) is 5.73 Å². The van der Waals surface area contributed by atoms with Crippen LogP contribution in [-0.2, 0) is 12.8 Å². The van der Waals surface area contributed by atoms with Crippen molar-refractivity contribution in [3.63, 3.8) is 0 Å². The van der Waals surface area contributed by atoms with E-state index in [1.54, 1.807) is 6.07 Å². The molecule has 0 heterocycles. The third-order valence-electron chi connectivity index (χ3n) is 4.04. The van der Waals surface area contributed by atoms with E-state index in [0.717, 1.165) is 24.8 Å². The number of hydrogen-bond donors (Lipinski definition) is 2. The molecule has 3 rings (SSSR count). The molecule has 0 aromatic heterocycles. The van der Waals surface area contributed by atoms with Crippen LogP contribution >= 0.6 is 0 Å². The van der Waals surface area contributed by atoms with E-state index in [9.17, 15) is 4.79 Å². The molecular formula is C18H20N2O. The molecule has 1 atom stereocenters. The summed E-state index contributed by atoms with van der Waals surface area (Å²) >= 11 is 0. The molecule has 2 aromatic carbocycles. The minimum atomic E-state index is -0.0326. The van der Waals surface area contributed by atoms with E-state index in [1.807, 2.05) is 19.1 Å². The van der Waals surface area contributed by atoms with Crippen LogP contribution in [0, 0.1) is 6.92 Å². The first-order valence-corrected chi connectivity index (χ1v) is 7.36. The maximum Gasteiger partial charge on any atom is 0.251 e. The van der Waals surface area contributed by atoms with Crippen molar-refractivity contribution in [3.8, 4) is 0 Å². The summed E-state index contributed by atoms with van der Waals surface area (Å²) in [7, 11) is 0. The first kappa shape index (κ1) is 13.7. The van der Waals surface area contributed by atoms with Crippen LogP contribution in [0.3, 0.4) is 0 Å². The van der Waals surface area contributed by atoms with Crippen molar-refractivity contribution in [3.05, 3.63) is 64.7 Å². The van der Waals surface area contributed by atoms with Gasteiger partial charge in [0.2, 0.25) is 0 Å². The van der Waals surface area contributed by atoms with Crippen molar-refractivity contribution >= 4 is 11.6 Å². The predicted octanol–water partition coefficient (Wildman–Crippen LogP) is 2.86. The minimum absolute atomic E-state index is 0.0326. The van der Waals surface area contributed by atoms with E-state index in [0.29, 0.717) is 11.3 Å². The van der Waals surface area contributed by atoms with Crippen LogP contribution in [0.15, 0.2) is 42.5 Å². The summed E-state index contributed by atoms with van der Waals surface area (Å²) in [5.41, 5.74) is 10.9. The Kier molecular flexibility index (Phi) is 3.65. The molecule has 108 valence electrons. The normalized spacial score (nSPS) is 17.1. The number of benzene rings is 2. The molecule has 2 aromatic rings. The van der Waals surface area contributed by atoms with Crippen LogP contribution in [0.1, 0.15) is 33.5 Å². The molecule has 3 nitrogen and oxygen atoms in total. The molecule has 0 spiro atoms. The van der Waals surface area contributed by atoms with Gasteiger partial charge in [-0.1, -0.05) is 24.3 Å². The van der Waals surface area contributed by atoms with Gasteiger partial charge >= 0.3 is 0 Å². The quantitative estimate of drug-likeness (QED) is 0.831. The number of amides is 1. The zero-order chi connectivity index (χ0) is 14.8. The SMILES string of the molecule is Cc1cc(N)cc(C(=O)NC2CCc3ccccc3C2)c1. The number of fused-ring (bicyclic) bond motifs is 1. The van der Waals surface area contributed by atoms with Gasteiger partial charge in [-0.05, 0) is 61.1 Å². The second-order valence-corrected chi connectivity index (χ2v) is 5.81. The first-order chi connectivity index (χ1) is 10.1. The zero-order valence-electron chi connectivity index (χ0n) is 12.2. The van der Waals surface area contributed by atoms with Gasteiger partial charge in [-0.15, -0.1) is 0 Å². The lowest BCUT2D eigenvalue weighted by Gasteiger charge is -2.25. The maximum absolute atomic E-state index is 12.4. The fourth-order valence-corrected chi connectivity index (χ4v) is 3.03. The van der Waals surface area contributed by atoms with Gasteiger partial charge in [-0.2, -0.15) is 0 Å². The largest absolute Gasteiger partial charge is 0.399 e. The number of hydrogen-bond acceptors (Lipinski definition) is 2. The van der Waals surface area contributed by atoms with Gasteiger partial charge < -0.3 is 11.1 Å². The number of carbonyl (C=O) groups excluding carboxylic acids is 1. The molecule has 0 bridgehead atoms. The Hall–Kier alpha value is -2.29. The summed E-state index contributed by atoms with van der Waals surface area (Å²) in [6.45, 7) is 1.95. The molecule has 21 heavy (non-hydrogen) atoms. The topological polar surface area (TPSA) is 55.1 Å². The average molecular weight is 280 g/mol. The summed E-state index contributed by atoms with van der Waals surface area (Å²) < 4.78 is 0. The molecular weight excluding hydrogens is 260 g/mol. The summed E-state index contributed by atoms with van der Waals surface area (Å²) in [4.78, 5) is 12.4. The first-order valence-electron chi connectivity index (χ1n) is 7.36. The van der Waals surface area contributed by atoms with Gasteiger partial charge in [-0.3, -0.25) is 4.79 Å². The second kappa shape index (κ2) is 5.60. The van der Waals surface area contributed by atoms with Crippen molar-refractivity contribution in [2.45, 2.75) is 32.2 Å². The van der Waals surface area contributed by atoms with Crippen LogP contribution in [0.2, 0.25) is 0 Å². The highest BCUT2D eigenvalue weighted by atomic mass is 16.1. The van der Waals surface area contributed by atoms with Crippen molar-refractivity contribution in [2.24, 2.45) is 0 Å². The summed E-state index contributed by atoms with van der Waals surface area (Å²) in [6, 6.07) is 14.1. The molecule has 3 N–H and O–H groups in total. The molecule has 0 radical (unpaired) electrons. The molecule has 0 aliphatic heterocycles. The Morgan fingerprint density at radius 3 is 2.71 bits per heavy atom. The van der Waals surface area contributed by atoms with Gasteiger partial charge in [0, 0.05) is 17.3 Å². The maximum atomic E-state index is 12.4. The molecule has 0 saturated carbocycles. The van der Waals surface area contributed by atoms with Crippen molar-refractivity contribution in [1.82, 2.24) is 5.32 Å². The number of anilines is 1. The highest BCUT2D eigenvalue weighted by Gasteiger charge is 2.20. The Labute approximate surface area is 125 Å². The molecule has 1 aliphatic rings. The van der Waals surface area contributed by atoms with Crippen LogP contribution < -0.4 is 11.1 Å². The molecule has 3 heteroatoms. The number of carbonyl (C=O) groups is 1. The number of nitrogens with one attached hydrogen (secondary N) is 1. The number of nitrogen functional groups attached to an aromatic ring is 1. The number of aryl methyl sites for hydroxylation is 2. The molecule has 0 fully saturated rings. The fraction of sp³-hybridized carbons (Fsp3) is 0.278. The zero-order valence-corrected chi connectivity index (χ0v) is 12.2. The van der Waals surface area contributed by atoms with E-state index in [2.05, 4.69) is 29.6 Å². The lowest BCUT2D eigenvalue weighted by molar-refractivity contribution is 0.0933. The predicted molar refractivity (Wildman–Crippen MR) is 85.3 cm³/mol. The van der Waals surface area contributed by atoms with Gasteiger partial charge in [0.05, 0.1) is 0 Å². The van der Waals surface area contributed by atoms with Crippen LogP contribution in [0.25, 0.3) is 0 Å². The standard InChI is InChI=1S/C18H20N2O/c1-12-8-15(10-16(19)9-12)18(21)20-17-7-6-13-4-2-3-5-14(13)11-17/h2-5,8-10,17H,6-7,11,19H2,1H3,(H,20,21). The Morgan fingerprint density at radius 1 is 1.19 bits per heavy atom. The lowest BCUT2D eigenvalue weighted by Crippen LogP contribution is -2.38. The average Bonchev–Trinajstić information content (AvgIpc) is 2.46. The summed E-state index contributed by atoms with van der Waals surface area (Å²) in [6.07, 6.45) is 2.92. The van der Waals surface area contributed by atoms with Gasteiger partial charge in [0.1, 0.15) is 0 Å². The lowest BCUT2D eigenvalue weighted by atomic mass is 9.88. The van der Waals surface area contributed by atoms with Crippen LogP contribution in [-0.4, -0.2) is 11.9 Å². The van der Waals surface area contributed by atoms with Crippen molar-refractivity contribution < 1.29 is 4.79 Å². The van der Waals surface area contributed by atoms with E-state index in [1.165, 1.54) is 11.1 Å². The third kappa shape index (κ3) is 3.07. The van der Waals surface area contributed by atoms with Gasteiger partial charge in [-0.25, -0.2) is 0 Å². The van der Waals surface area contributed by atoms with Gasteiger partial charge in [0.15, 0.2) is 0 Å². The Morgan fingerprint density at radius 2 is 1.95 bits per heavy atom. The van der Waals surface area contributed by atoms with E-state index in [-0.39, 0.29) is 11.9 Å². The van der Waals surface area contributed by atoms with Gasteiger partial charge in [0.25, 0.3) is 5.91 Å². The Balaban J connectivity index is 1.71. The highest BCUT2D eigenvalue weighted by molar-refractivity contribution is 5.95. The third-order valence-corrected chi connectivity index (χ3v) is 4.04. The molecule has 1 unspecified atom stereocenters. The summed E-state index contributed by atoms with van der Waals surface area (Å²) in [5.74, 6) is -0.0326. The fourth-order valence-electron chi connectivity index (χ4n) is 3.03. The molecule has 0 saturated heterocycles. The van der Waals surface area contributed by atoms with Crippen molar-refractivity contribution in [1.29, 1.82) is 0 Å². The Bertz CT molecular complexity index is 658. The molecule has 1 amide bonds. The summed E-state index contributed by atoms with van der Waals surface area (Å²) in [5, 5.41) is 3.14. The van der Waals surface area contributed by atoms with Crippen LogP contribution in [0.4, 0.5) is 5.69 Å². The highest BCUT2D eigenvalue weighted by Crippen LogP contribution is 2.21. The monoisotopic (exact) mass is 280 g/mol. The van der Waals surface area contributed by atoms with E-state index in [4.69, 9.17) is 5.73 Å². The second-order valence-electron chi connectivity index (χ2n) is 5.81. The minimum Gasteiger partial charge on any atom is -0.399 e.